The van der Waals surface area contributed by atoms with E-state index in [0.29, 0.717) is 29.9 Å². The second kappa shape index (κ2) is 6.53. The van der Waals surface area contributed by atoms with E-state index in [0.717, 1.165) is 5.56 Å². The highest BCUT2D eigenvalue weighted by Crippen LogP contribution is 2.15. The maximum atomic E-state index is 11.5. The van der Waals surface area contributed by atoms with Crippen LogP contribution in [0.1, 0.15) is 34.8 Å². The van der Waals surface area contributed by atoms with Gasteiger partial charge < -0.3 is 4.74 Å². The fourth-order valence-electron chi connectivity index (χ4n) is 1.84. The van der Waals surface area contributed by atoms with Crippen LogP contribution in [0.4, 0.5) is 0 Å². The lowest BCUT2D eigenvalue weighted by Crippen LogP contribution is -1.98. The Hall–Kier alpha value is -2.60. The van der Waals surface area contributed by atoms with Gasteiger partial charge in [-0.1, -0.05) is 19.1 Å². The fraction of sp³-hybridized carbons (Fsp3) is 0.176. The maximum absolute atomic E-state index is 11.5. The van der Waals surface area contributed by atoms with Crippen molar-refractivity contribution in [3.8, 4) is 11.8 Å². The number of rotatable bonds is 5. The predicted octanol–water partition coefficient (Wildman–Crippen LogP) is 3.73. The Balaban J connectivity index is 2.00. The summed E-state index contributed by atoms with van der Waals surface area (Å²) in [5.41, 5.74) is 2.26. The van der Waals surface area contributed by atoms with Crippen LogP contribution in [0.3, 0.4) is 0 Å². The van der Waals surface area contributed by atoms with E-state index in [9.17, 15) is 4.79 Å². The molecule has 0 aliphatic rings. The minimum atomic E-state index is 0.123. The summed E-state index contributed by atoms with van der Waals surface area (Å²) >= 11 is 0. The van der Waals surface area contributed by atoms with E-state index in [1.54, 1.807) is 36.4 Å². The molecule has 3 nitrogen and oxygen atoms in total. The molecule has 0 atom stereocenters. The van der Waals surface area contributed by atoms with Gasteiger partial charge in [-0.2, -0.15) is 5.26 Å². The molecule has 2 aromatic rings. The maximum Gasteiger partial charge on any atom is 0.162 e. The highest BCUT2D eigenvalue weighted by atomic mass is 16.5. The zero-order valence-corrected chi connectivity index (χ0v) is 11.3. The second-order valence-corrected chi connectivity index (χ2v) is 4.40. The molecule has 0 saturated heterocycles. The molecule has 20 heavy (non-hydrogen) atoms. The Labute approximate surface area is 118 Å². The molecule has 0 spiro atoms. The molecular formula is C17H15NO2. The largest absolute Gasteiger partial charge is 0.489 e. The number of carbonyl (C=O) groups excluding carboxylic acids is 1. The van der Waals surface area contributed by atoms with Crippen LogP contribution >= 0.6 is 0 Å². The summed E-state index contributed by atoms with van der Waals surface area (Å²) < 4.78 is 5.64. The summed E-state index contributed by atoms with van der Waals surface area (Å²) in [6.07, 6.45) is 0.501. The average molecular weight is 265 g/mol. The van der Waals surface area contributed by atoms with Gasteiger partial charge in [0, 0.05) is 12.0 Å². The predicted molar refractivity (Wildman–Crippen MR) is 76.6 cm³/mol. The molecule has 0 bridgehead atoms. The highest BCUT2D eigenvalue weighted by Gasteiger charge is 2.03. The van der Waals surface area contributed by atoms with Crippen LogP contribution < -0.4 is 4.74 Å². The topological polar surface area (TPSA) is 50.1 Å². The molecular weight excluding hydrogens is 250 g/mol. The van der Waals surface area contributed by atoms with E-state index in [1.165, 1.54) is 0 Å². The molecule has 0 N–H and O–H groups in total. The molecule has 2 rings (SSSR count). The van der Waals surface area contributed by atoms with Gasteiger partial charge in [0.15, 0.2) is 5.78 Å². The third kappa shape index (κ3) is 3.46. The SMILES string of the molecule is CCC(=O)c1ccc(OCc2cccc(C#N)c2)cc1. The van der Waals surface area contributed by atoms with Crippen molar-refractivity contribution in [3.05, 3.63) is 65.2 Å². The Morgan fingerprint density at radius 3 is 2.60 bits per heavy atom. The molecule has 0 saturated carbocycles. The molecule has 0 aromatic heterocycles. The molecule has 2 aromatic carbocycles. The van der Waals surface area contributed by atoms with Crippen molar-refractivity contribution in [1.29, 1.82) is 5.26 Å². The number of ether oxygens (including phenoxy) is 1. The number of carbonyl (C=O) groups is 1. The first-order chi connectivity index (χ1) is 9.72. The number of nitrogens with zero attached hydrogens (tertiary/aromatic N) is 1. The van der Waals surface area contributed by atoms with Gasteiger partial charge in [-0.3, -0.25) is 4.79 Å². The Morgan fingerprint density at radius 1 is 1.20 bits per heavy atom. The van der Waals surface area contributed by atoms with Gasteiger partial charge in [-0.25, -0.2) is 0 Å². The lowest BCUT2D eigenvalue weighted by atomic mass is 10.1. The summed E-state index contributed by atoms with van der Waals surface area (Å²) in [7, 11) is 0. The fourth-order valence-corrected chi connectivity index (χ4v) is 1.84. The van der Waals surface area contributed by atoms with Gasteiger partial charge in [0.05, 0.1) is 11.6 Å². The first kappa shape index (κ1) is 13.8. The van der Waals surface area contributed by atoms with Gasteiger partial charge >= 0.3 is 0 Å². The van der Waals surface area contributed by atoms with Crippen LogP contribution in [0.5, 0.6) is 5.75 Å². The van der Waals surface area contributed by atoms with Crippen LogP contribution in [-0.2, 0) is 6.61 Å². The standard InChI is InChI=1S/C17H15NO2/c1-2-17(19)15-6-8-16(9-7-15)20-12-14-5-3-4-13(10-14)11-18/h3-10H,2,12H2,1H3. The van der Waals surface area contributed by atoms with E-state index in [4.69, 9.17) is 10.00 Å². The van der Waals surface area contributed by atoms with Gasteiger partial charge in [0.1, 0.15) is 12.4 Å². The van der Waals surface area contributed by atoms with Crippen LogP contribution in [0.15, 0.2) is 48.5 Å². The minimum absolute atomic E-state index is 0.123. The van der Waals surface area contributed by atoms with Crippen molar-refractivity contribution in [3.63, 3.8) is 0 Å². The molecule has 0 amide bonds. The van der Waals surface area contributed by atoms with E-state index >= 15 is 0 Å². The molecule has 0 aliphatic carbocycles. The van der Waals surface area contributed by atoms with Crippen molar-refractivity contribution < 1.29 is 9.53 Å². The average Bonchev–Trinajstić information content (AvgIpc) is 2.53. The summed E-state index contributed by atoms with van der Waals surface area (Å²) in [5, 5.41) is 8.83. The van der Waals surface area contributed by atoms with E-state index in [1.807, 2.05) is 19.1 Å². The molecule has 0 unspecified atom stereocenters. The van der Waals surface area contributed by atoms with Crippen LogP contribution in [0, 0.1) is 11.3 Å². The molecule has 0 fully saturated rings. The zero-order valence-electron chi connectivity index (χ0n) is 11.3. The Kier molecular flexibility index (Phi) is 4.52. The first-order valence-electron chi connectivity index (χ1n) is 6.48. The van der Waals surface area contributed by atoms with E-state index in [-0.39, 0.29) is 5.78 Å². The highest BCUT2D eigenvalue weighted by molar-refractivity contribution is 5.95. The summed E-state index contributed by atoms with van der Waals surface area (Å²) in [4.78, 5) is 11.5. The molecule has 0 aliphatic heterocycles. The zero-order chi connectivity index (χ0) is 14.4. The van der Waals surface area contributed by atoms with Crippen LogP contribution in [0.2, 0.25) is 0 Å². The quantitative estimate of drug-likeness (QED) is 0.774. The Bertz CT molecular complexity index is 639. The van der Waals surface area contributed by atoms with Gasteiger partial charge in [-0.15, -0.1) is 0 Å². The third-order valence-corrected chi connectivity index (χ3v) is 2.96. The van der Waals surface area contributed by atoms with E-state index in [2.05, 4.69) is 6.07 Å². The van der Waals surface area contributed by atoms with Gasteiger partial charge in [0.25, 0.3) is 0 Å². The van der Waals surface area contributed by atoms with Gasteiger partial charge in [-0.05, 0) is 42.0 Å². The first-order valence-corrected chi connectivity index (χ1v) is 6.48. The second-order valence-electron chi connectivity index (χ2n) is 4.40. The molecule has 3 heteroatoms. The number of nitriles is 1. The van der Waals surface area contributed by atoms with Crippen molar-refractivity contribution in [2.24, 2.45) is 0 Å². The Morgan fingerprint density at radius 2 is 1.95 bits per heavy atom. The smallest absolute Gasteiger partial charge is 0.162 e. The van der Waals surface area contributed by atoms with Crippen molar-refractivity contribution >= 4 is 5.78 Å². The third-order valence-electron chi connectivity index (χ3n) is 2.96. The number of Topliss-reactive ketones (excluding diaryl/α,β-unsaturated/α-hetero) is 1. The normalized spacial score (nSPS) is 9.80. The monoisotopic (exact) mass is 265 g/mol. The van der Waals surface area contributed by atoms with Gasteiger partial charge in [0.2, 0.25) is 0 Å². The summed E-state index contributed by atoms with van der Waals surface area (Å²) in [5.74, 6) is 0.832. The van der Waals surface area contributed by atoms with Crippen molar-refractivity contribution in [2.75, 3.05) is 0 Å². The van der Waals surface area contributed by atoms with E-state index < -0.39 is 0 Å². The lowest BCUT2D eigenvalue weighted by molar-refractivity contribution is 0.0988. The number of hydrogen-bond donors (Lipinski definition) is 0. The minimum Gasteiger partial charge on any atom is -0.489 e. The summed E-state index contributed by atoms with van der Waals surface area (Å²) in [6, 6.07) is 16.5. The lowest BCUT2D eigenvalue weighted by Gasteiger charge is -2.07. The number of benzene rings is 2. The molecule has 0 radical (unpaired) electrons. The molecule has 100 valence electrons. The van der Waals surface area contributed by atoms with Crippen molar-refractivity contribution in [1.82, 2.24) is 0 Å². The number of ketones is 1. The van der Waals surface area contributed by atoms with Crippen LogP contribution in [0.25, 0.3) is 0 Å². The molecule has 0 heterocycles. The van der Waals surface area contributed by atoms with Crippen molar-refractivity contribution in [2.45, 2.75) is 20.0 Å². The number of hydrogen-bond acceptors (Lipinski definition) is 3. The summed E-state index contributed by atoms with van der Waals surface area (Å²) in [6.45, 7) is 2.24. The van der Waals surface area contributed by atoms with Crippen LogP contribution in [-0.4, -0.2) is 5.78 Å².